The molecule has 2 rings (SSSR count). The normalized spacial score (nSPS) is 10.3. The molecule has 0 saturated heterocycles. The molecule has 0 radical (unpaired) electrons. The number of carboxylic acids is 1. The van der Waals surface area contributed by atoms with Crippen LogP contribution in [-0.2, 0) is 4.79 Å². The van der Waals surface area contributed by atoms with Crippen LogP contribution in [0.1, 0.15) is 0 Å². The van der Waals surface area contributed by atoms with Gasteiger partial charge in [-0.1, -0.05) is 35.9 Å². The Kier molecular flexibility index (Phi) is 2.97. The van der Waals surface area contributed by atoms with E-state index < -0.39 is 5.97 Å². The first-order chi connectivity index (χ1) is 7.66. The predicted octanol–water partition coefficient (Wildman–Crippen LogP) is 2.96. The Morgan fingerprint density at radius 1 is 1.31 bits per heavy atom. The molecule has 1 N–H and O–H groups in total. The molecule has 0 fully saturated rings. The summed E-state index contributed by atoms with van der Waals surface area (Å²) < 4.78 is 5.07. The molecule has 82 valence electrons. The van der Waals surface area contributed by atoms with Gasteiger partial charge in [0.15, 0.2) is 6.61 Å². The summed E-state index contributed by atoms with van der Waals surface area (Å²) in [4.78, 5) is 10.4. The summed E-state index contributed by atoms with van der Waals surface area (Å²) in [5.74, 6) is -0.546. The number of halogens is 1. The monoisotopic (exact) mass is 236 g/mol. The number of ether oxygens (including phenoxy) is 1. The third kappa shape index (κ3) is 2.25. The van der Waals surface area contributed by atoms with Gasteiger partial charge in [-0.3, -0.25) is 0 Å². The molecular formula is C12H9ClO3. The van der Waals surface area contributed by atoms with E-state index in [1.165, 1.54) is 0 Å². The van der Waals surface area contributed by atoms with Crippen LogP contribution < -0.4 is 4.74 Å². The van der Waals surface area contributed by atoms with Crippen LogP contribution in [-0.4, -0.2) is 17.7 Å². The second-order valence-electron chi connectivity index (χ2n) is 3.31. The zero-order chi connectivity index (χ0) is 11.5. The van der Waals surface area contributed by atoms with Crippen LogP contribution in [0.4, 0.5) is 0 Å². The van der Waals surface area contributed by atoms with Crippen molar-refractivity contribution >= 4 is 28.3 Å². The van der Waals surface area contributed by atoms with Gasteiger partial charge in [0, 0.05) is 5.39 Å². The highest BCUT2D eigenvalue weighted by molar-refractivity contribution is 6.35. The van der Waals surface area contributed by atoms with Crippen LogP contribution in [0.2, 0.25) is 5.02 Å². The van der Waals surface area contributed by atoms with Crippen molar-refractivity contribution in [3.63, 3.8) is 0 Å². The molecule has 2 aromatic rings. The molecule has 16 heavy (non-hydrogen) atoms. The van der Waals surface area contributed by atoms with Crippen molar-refractivity contribution in [1.82, 2.24) is 0 Å². The van der Waals surface area contributed by atoms with Crippen molar-refractivity contribution in [3.8, 4) is 5.75 Å². The maximum Gasteiger partial charge on any atom is 0.341 e. The molecule has 0 amide bonds. The van der Waals surface area contributed by atoms with Crippen molar-refractivity contribution < 1.29 is 14.6 Å². The highest BCUT2D eigenvalue weighted by Gasteiger charge is 2.04. The van der Waals surface area contributed by atoms with Crippen LogP contribution >= 0.6 is 11.6 Å². The number of aliphatic carboxylic acids is 1. The van der Waals surface area contributed by atoms with Gasteiger partial charge in [-0.2, -0.15) is 0 Å². The maximum atomic E-state index is 10.4. The molecule has 0 saturated carbocycles. The third-order valence-electron chi connectivity index (χ3n) is 2.15. The predicted molar refractivity (Wildman–Crippen MR) is 62.1 cm³/mol. The van der Waals surface area contributed by atoms with Crippen molar-refractivity contribution in [1.29, 1.82) is 0 Å². The van der Waals surface area contributed by atoms with Crippen LogP contribution in [0.15, 0.2) is 36.4 Å². The van der Waals surface area contributed by atoms with E-state index in [0.29, 0.717) is 10.8 Å². The lowest BCUT2D eigenvalue weighted by Gasteiger charge is -2.06. The molecule has 0 atom stereocenters. The van der Waals surface area contributed by atoms with Crippen molar-refractivity contribution in [2.45, 2.75) is 0 Å². The number of hydrogen-bond donors (Lipinski definition) is 1. The summed E-state index contributed by atoms with van der Waals surface area (Å²) in [5.41, 5.74) is 0. The van der Waals surface area contributed by atoms with E-state index in [-0.39, 0.29) is 6.61 Å². The molecule has 0 heterocycles. The number of hydrogen-bond acceptors (Lipinski definition) is 2. The standard InChI is InChI=1S/C12H9ClO3/c13-11-6-9(16-7-12(14)15)5-8-3-1-2-4-10(8)11/h1-6H,7H2,(H,14,15). The van der Waals surface area contributed by atoms with Gasteiger partial charge in [0.1, 0.15) is 5.75 Å². The van der Waals surface area contributed by atoms with Gasteiger partial charge in [0.2, 0.25) is 0 Å². The largest absolute Gasteiger partial charge is 0.482 e. The highest BCUT2D eigenvalue weighted by Crippen LogP contribution is 2.28. The average Bonchev–Trinajstić information content (AvgIpc) is 2.26. The van der Waals surface area contributed by atoms with Crippen LogP contribution in [0, 0.1) is 0 Å². The van der Waals surface area contributed by atoms with E-state index in [1.807, 2.05) is 24.3 Å². The van der Waals surface area contributed by atoms with Gasteiger partial charge < -0.3 is 9.84 Å². The summed E-state index contributed by atoms with van der Waals surface area (Å²) >= 11 is 6.05. The minimum absolute atomic E-state index is 0.366. The van der Waals surface area contributed by atoms with Crippen molar-refractivity contribution in [3.05, 3.63) is 41.4 Å². The third-order valence-corrected chi connectivity index (χ3v) is 2.46. The molecule has 0 spiro atoms. The second kappa shape index (κ2) is 4.41. The van der Waals surface area contributed by atoms with Crippen molar-refractivity contribution in [2.75, 3.05) is 6.61 Å². The first-order valence-electron chi connectivity index (χ1n) is 4.70. The lowest BCUT2D eigenvalue weighted by Crippen LogP contribution is -2.09. The van der Waals surface area contributed by atoms with Crippen LogP contribution in [0.3, 0.4) is 0 Å². The van der Waals surface area contributed by atoms with Crippen LogP contribution in [0.25, 0.3) is 10.8 Å². The lowest BCUT2D eigenvalue weighted by atomic mass is 10.1. The Morgan fingerprint density at radius 3 is 2.81 bits per heavy atom. The topological polar surface area (TPSA) is 46.5 Å². The zero-order valence-electron chi connectivity index (χ0n) is 8.31. The smallest absolute Gasteiger partial charge is 0.341 e. The van der Waals surface area contributed by atoms with Gasteiger partial charge in [0.05, 0.1) is 5.02 Å². The molecule has 0 aliphatic rings. The lowest BCUT2D eigenvalue weighted by molar-refractivity contribution is -0.139. The Bertz CT molecular complexity index is 537. The summed E-state index contributed by atoms with van der Waals surface area (Å²) in [5, 5.41) is 10.9. The molecule has 0 aliphatic carbocycles. The van der Waals surface area contributed by atoms with Gasteiger partial charge in [-0.15, -0.1) is 0 Å². The molecular weight excluding hydrogens is 228 g/mol. The molecule has 0 aromatic heterocycles. The summed E-state index contributed by atoms with van der Waals surface area (Å²) in [6, 6.07) is 11.0. The molecule has 0 bridgehead atoms. The Balaban J connectivity index is 2.38. The zero-order valence-corrected chi connectivity index (χ0v) is 9.07. The van der Waals surface area contributed by atoms with E-state index in [9.17, 15) is 4.79 Å². The minimum atomic E-state index is -1.01. The summed E-state index contributed by atoms with van der Waals surface area (Å²) in [6.45, 7) is -0.366. The molecule has 3 nitrogen and oxygen atoms in total. The molecule has 4 heteroatoms. The summed E-state index contributed by atoms with van der Waals surface area (Å²) in [6.07, 6.45) is 0. The molecule has 2 aromatic carbocycles. The quantitative estimate of drug-likeness (QED) is 0.891. The molecule has 0 unspecified atom stereocenters. The fourth-order valence-electron chi connectivity index (χ4n) is 1.47. The van der Waals surface area contributed by atoms with Gasteiger partial charge in [-0.05, 0) is 17.5 Å². The SMILES string of the molecule is O=C(O)COc1cc(Cl)c2ccccc2c1. The Labute approximate surface area is 97.2 Å². The number of fused-ring (bicyclic) bond motifs is 1. The number of benzene rings is 2. The molecule has 0 aliphatic heterocycles. The van der Waals surface area contributed by atoms with Crippen LogP contribution in [0.5, 0.6) is 5.75 Å². The van der Waals surface area contributed by atoms with Gasteiger partial charge in [0.25, 0.3) is 0 Å². The van der Waals surface area contributed by atoms with E-state index >= 15 is 0 Å². The first kappa shape index (κ1) is 10.8. The minimum Gasteiger partial charge on any atom is -0.482 e. The van der Waals surface area contributed by atoms with E-state index in [1.54, 1.807) is 12.1 Å². The fourth-order valence-corrected chi connectivity index (χ4v) is 1.75. The van der Waals surface area contributed by atoms with Gasteiger partial charge in [-0.25, -0.2) is 4.79 Å². The number of carboxylic acid groups (broad SMARTS) is 1. The van der Waals surface area contributed by atoms with E-state index in [4.69, 9.17) is 21.4 Å². The number of carbonyl (C=O) groups is 1. The summed E-state index contributed by atoms with van der Waals surface area (Å²) in [7, 11) is 0. The highest BCUT2D eigenvalue weighted by atomic mass is 35.5. The second-order valence-corrected chi connectivity index (χ2v) is 3.72. The van der Waals surface area contributed by atoms with Crippen molar-refractivity contribution in [2.24, 2.45) is 0 Å². The Hall–Kier alpha value is -1.74. The first-order valence-corrected chi connectivity index (χ1v) is 5.07. The number of rotatable bonds is 3. The fraction of sp³-hybridized carbons (Fsp3) is 0.0833. The van der Waals surface area contributed by atoms with E-state index in [2.05, 4.69) is 0 Å². The maximum absolute atomic E-state index is 10.4. The van der Waals surface area contributed by atoms with E-state index in [0.717, 1.165) is 10.8 Å². The Morgan fingerprint density at radius 2 is 2.06 bits per heavy atom. The average molecular weight is 237 g/mol. The van der Waals surface area contributed by atoms with Gasteiger partial charge >= 0.3 is 5.97 Å².